The third-order valence-electron chi connectivity index (χ3n) is 1.85. The van der Waals surface area contributed by atoms with E-state index >= 15 is 0 Å². The Kier molecular flexibility index (Phi) is 2.87. The molecule has 4 nitrogen and oxygen atoms in total. The summed E-state index contributed by atoms with van der Waals surface area (Å²) in [6.07, 6.45) is 2.37. The maximum absolute atomic E-state index is 8.87. The molecule has 0 amide bonds. The first-order valence-corrected chi connectivity index (χ1v) is 3.96. The van der Waals surface area contributed by atoms with Crippen LogP contribution >= 0.6 is 0 Å². The summed E-state index contributed by atoms with van der Waals surface area (Å²) in [6.45, 7) is 0. The molecule has 0 heterocycles. The minimum Gasteiger partial charge on any atom is -0.404 e. The van der Waals surface area contributed by atoms with Gasteiger partial charge in [-0.1, -0.05) is 12.1 Å². The molecule has 4 heteroatoms. The predicted molar refractivity (Wildman–Crippen MR) is 56.5 cm³/mol. The highest BCUT2D eigenvalue weighted by Gasteiger charge is 2.07. The molecule has 0 fully saturated rings. The second kappa shape index (κ2) is 4.10. The highest BCUT2D eigenvalue weighted by molar-refractivity contribution is 6.09. The summed E-state index contributed by atoms with van der Waals surface area (Å²) in [6, 6.07) is 7.05. The Balaban J connectivity index is 3.43. The lowest BCUT2D eigenvalue weighted by Crippen LogP contribution is -1.98. The van der Waals surface area contributed by atoms with E-state index in [1.807, 2.05) is 6.07 Å². The molecule has 1 aromatic rings. The Morgan fingerprint density at radius 2 is 2.21 bits per heavy atom. The van der Waals surface area contributed by atoms with E-state index in [0.29, 0.717) is 22.4 Å². The van der Waals surface area contributed by atoms with Crippen molar-refractivity contribution in [3.8, 4) is 6.07 Å². The number of rotatable bonds is 2. The Morgan fingerprint density at radius 1 is 1.50 bits per heavy atom. The molecule has 0 aliphatic heterocycles. The van der Waals surface area contributed by atoms with Crippen molar-refractivity contribution in [1.82, 2.24) is 0 Å². The lowest BCUT2D eigenvalue weighted by Gasteiger charge is -2.05. The van der Waals surface area contributed by atoms with E-state index in [2.05, 4.69) is 0 Å². The van der Waals surface area contributed by atoms with Gasteiger partial charge >= 0.3 is 0 Å². The van der Waals surface area contributed by atoms with Crippen LogP contribution in [0.25, 0.3) is 5.57 Å². The van der Waals surface area contributed by atoms with Crippen LogP contribution in [0, 0.1) is 16.7 Å². The quantitative estimate of drug-likeness (QED) is 0.476. The molecule has 1 aromatic carbocycles. The molecule has 0 aromatic heterocycles. The zero-order valence-corrected chi connectivity index (χ0v) is 7.49. The van der Waals surface area contributed by atoms with Crippen LogP contribution in [0.4, 0.5) is 5.69 Å². The molecule has 70 valence electrons. The minimum absolute atomic E-state index is 0.354. The van der Waals surface area contributed by atoms with Gasteiger partial charge in [0.2, 0.25) is 0 Å². The standard InChI is InChI=1S/C10H10N4/c11-4-7(5-12)8-2-1-3-10(14)9(8)6-13/h1-5,11H,12,14H2/b7-5+,11-4?. The number of nitrogen functional groups attached to an aromatic ring is 1. The van der Waals surface area contributed by atoms with Gasteiger partial charge in [0.1, 0.15) is 6.07 Å². The summed E-state index contributed by atoms with van der Waals surface area (Å²) in [4.78, 5) is 0. The molecule has 0 saturated heterocycles. The third-order valence-corrected chi connectivity index (χ3v) is 1.85. The highest BCUT2D eigenvalue weighted by atomic mass is 14.6. The number of allylic oxidation sites excluding steroid dienone is 1. The highest BCUT2D eigenvalue weighted by Crippen LogP contribution is 2.21. The van der Waals surface area contributed by atoms with Crippen molar-refractivity contribution in [3.63, 3.8) is 0 Å². The molecule has 0 atom stereocenters. The van der Waals surface area contributed by atoms with Crippen LogP contribution in [-0.2, 0) is 0 Å². The number of nitrogens with zero attached hydrogens (tertiary/aromatic N) is 1. The summed E-state index contributed by atoms with van der Waals surface area (Å²) in [7, 11) is 0. The largest absolute Gasteiger partial charge is 0.404 e. The molecule has 0 spiro atoms. The van der Waals surface area contributed by atoms with Crippen LogP contribution in [0.3, 0.4) is 0 Å². The van der Waals surface area contributed by atoms with E-state index in [4.69, 9.17) is 22.1 Å². The van der Waals surface area contributed by atoms with Crippen molar-refractivity contribution in [2.45, 2.75) is 0 Å². The molecule has 0 bridgehead atoms. The van der Waals surface area contributed by atoms with E-state index in [-0.39, 0.29) is 0 Å². The van der Waals surface area contributed by atoms with Crippen molar-refractivity contribution in [2.24, 2.45) is 5.73 Å². The lowest BCUT2D eigenvalue weighted by atomic mass is 10.0. The Hall–Kier alpha value is -2.28. The zero-order chi connectivity index (χ0) is 10.6. The van der Waals surface area contributed by atoms with E-state index in [9.17, 15) is 0 Å². The number of anilines is 1. The van der Waals surface area contributed by atoms with Gasteiger partial charge in [-0.05, 0) is 6.07 Å². The average molecular weight is 186 g/mol. The number of hydrogen-bond donors (Lipinski definition) is 3. The molecule has 0 aliphatic carbocycles. The Morgan fingerprint density at radius 3 is 2.71 bits per heavy atom. The van der Waals surface area contributed by atoms with Gasteiger partial charge < -0.3 is 16.9 Å². The minimum atomic E-state index is 0.354. The van der Waals surface area contributed by atoms with Crippen LogP contribution < -0.4 is 11.5 Å². The maximum atomic E-state index is 8.87. The van der Waals surface area contributed by atoms with Crippen molar-refractivity contribution in [2.75, 3.05) is 5.73 Å². The fourth-order valence-electron chi connectivity index (χ4n) is 1.15. The number of benzene rings is 1. The van der Waals surface area contributed by atoms with Gasteiger partial charge in [-0.25, -0.2) is 0 Å². The van der Waals surface area contributed by atoms with Gasteiger partial charge in [0.15, 0.2) is 0 Å². The predicted octanol–water partition coefficient (Wildman–Crippen LogP) is 1.09. The molecule has 14 heavy (non-hydrogen) atoms. The van der Waals surface area contributed by atoms with Gasteiger partial charge in [-0.3, -0.25) is 0 Å². The first kappa shape index (κ1) is 9.81. The van der Waals surface area contributed by atoms with Crippen molar-refractivity contribution in [3.05, 3.63) is 35.5 Å². The van der Waals surface area contributed by atoms with Gasteiger partial charge in [0.25, 0.3) is 0 Å². The first-order chi connectivity index (χ1) is 6.74. The molecule has 5 N–H and O–H groups in total. The van der Waals surface area contributed by atoms with Gasteiger partial charge in [-0.15, -0.1) is 0 Å². The smallest absolute Gasteiger partial charge is 0.102 e. The SMILES string of the molecule is N#Cc1c(N)cccc1/C(C=N)=C/N. The Bertz CT molecular complexity index is 426. The zero-order valence-electron chi connectivity index (χ0n) is 7.49. The maximum Gasteiger partial charge on any atom is 0.102 e. The fraction of sp³-hybridized carbons (Fsp3) is 0. The number of nitriles is 1. The molecular formula is C10H10N4. The van der Waals surface area contributed by atoms with Gasteiger partial charge in [0, 0.05) is 23.6 Å². The molecular weight excluding hydrogens is 176 g/mol. The normalized spacial score (nSPS) is 10.6. The molecule has 0 saturated carbocycles. The first-order valence-electron chi connectivity index (χ1n) is 3.96. The van der Waals surface area contributed by atoms with Crippen LogP contribution in [0.5, 0.6) is 0 Å². The lowest BCUT2D eigenvalue weighted by molar-refractivity contribution is 1.46. The average Bonchev–Trinajstić information content (AvgIpc) is 2.20. The van der Waals surface area contributed by atoms with E-state index in [0.717, 1.165) is 6.21 Å². The van der Waals surface area contributed by atoms with Crippen LogP contribution in [0.1, 0.15) is 11.1 Å². The second-order valence-electron chi connectivity index (χ2n) is 2.65. The summed E-state index contributed by atoms with van der Waals surface area (Å²) >= 11 is 0. The molecule has 1 rings (SSSR count). The van der Waals surface area contributed by atoms with Crippen LogP contribution in [0.15, 0.2) is 24.4 Å². The van der Waals surface area contributed by atoms with Gasteiger partial charge in [-0.2, -0.15) is 5.26 Å². The number of hydrogen-bond acceptors (Lipinski definition) is 4. The van der Waals surface area contributed by atoms with Crippen LogP contribution in [-0.4, -0.2) is 6.21 Å². The summed E-state index contributed by atoms with van der Waals surface area (Å²) in [5.41, 5.74) is 12.8. The van der Waals surface area contributed by atoms with E-state index < -0.39 is 0 Å². The fourth-order valence-corrected chi connectivity index (χ4v) is 1.15. The molecule has 0 radical (unpaired) electrons. The van der Waals surface area contributed by atoms with Crippen molar-refractivity contribution < 1.29 is 0 Å². The number of nitrogens with one attached hydrogen (secondary N) is 1. The van der Waals surface area contributed by atoms with Crippen molar-refractivity contribution >= 4 is 17.5 Å². The summed E-state index contributed by atoms with van der Waals surface area (Å²) in [5, 5.41) is 16.0. The topological polar surface area (TPSA) is 99.7 Å². The molecule has 0 unspecified atom stereocenters. The summed E-state index contributed by atoms with van der Waals surface area (Å²) < 4.78 is 0. The monoisotopic (exact) mass is 186 g/mol. The van der Waals surface area contributed by atoms with Crippen molar-refractivity contribution in [1.29, 1.82) is 10.7 Å². The van der Waals surface area contributed by atoms with E-state index in [1.54, 1.807) is 18.2 Å². The van der Waals surface area contributed by atoms with Gasteiger partial charge in [0.05, 0.1) is 11.3 Å². The van der Waals surface area contributed by atoms with E-state index in [1.165, 1.54) is 6.20 Å². The number of nitrogens with two attached hydrogens (primary N) is 2. The Labute approximate surface area is 82.0 Å². The van der Waals surface area contributed by atoms with Crippen LogP contribution in [0.2, 0.25) is 0 Å². The summed E-state index contributed by atoms with van der Waals surface area (Å²) in [5.74, 6) is 0. The molecule has 0 aliphatic rings. The third kappa shape index (κ3) is 1.57. The second-order valence-corrected chi connectivity index (χ2v) is 2.65.